The maximum Gasteiger partial charge on any atom is 0.251 e. The van der Waals surface area contributed by atoms with E-state index in [-0.39, 0.29) is 11.7 Å². The second-order valence-corrected chi connectivity index (χ2v) is 7.96. The lowest BCUT2D eigenvalue weighted by Crippen LogP contribution is -2.19. The van der Waals surface area contributed by atoms with Gasteiger partial charge in [0.15, 0.2) is 5.76 Å². The molecule has 0 unspecified atom stereocenters. The second kappa shape index (κ2) is 7.08. The van der Waals surface area contributed by atoms with Crippen LogP contribution in [0.25, 0.3) is 11.6 Å². The van der Waals surface area contributed by atoms with Gasteiger partial charge in [-0.1, -0.05) is 11.8 Å². The summed E-state index contributed by atoms with van der Waals surface area (Å²) >= 11 is 2.56. The molecule has 0 atom stereocenters. The topological polar surface area (TPSA) is 142 Å². The van der Waals surface area contributed by atoms with E-state index in [4.69, 9.17) is 16.0 Å². The van der Waals surface area contributed by atoms with E-state index >= 15 is 0 Å². The Morgan fingerprint density at radius 2 is 2.22 bits per heavy atom. The molecule has 27 heavy (non-hydrogen) atoms. The van der Waals surface area contributed by atoms with Crippen LogP contribution in [0.1, 0.15) is 27.2 Å². The maximum atomic E-state index is 12.3. The standard InChI is InChI=1S/C16H16N6O3S2/c17-13(24)12-8-3-1-5-10(8)27-15(12)19-11(23)7-26-16-21-20-14(22(16)18)9-4-2-6-25-9/h2,4,6H,1,3,5,7,18H2,(H2,17,24)(H,19,23). The Labute approximate surface area is 162 Å². The highest BCUT2D eigenvalue weighted by molar-refractivity contribution is 7.99. The van der Waals surface area contributed by atoms with Gasteiger partial charge in [-0.25, -0.2) is 4.68 Å². The minimum Gasteiger partial charge on any atom is -0.461 e. The van der Waals surface area contributed by atoms with Crippen LogP contribution in [0, 0.1) is 0 Å². The van der Waals surface area contributed by atoms with Gasteiger partial charge < -0.3 is 21.3 Å². The predicted molar refractivity (Wildman–Crippen MR) is 102 cm³/mol. The number of carbonyl (C=O) groups is 2. The fraction of sp³-hybridized carbons (Fsp3) is 0.250. The fourth-order valence-electron chi connectivity index (χ4n) is 3.00. The first-order valence-electron chi connectivity index (χ1n) is 8.16. The molecular formula is C16H16N6O3S2. The van der Waals surface area contributed by atoms with Crippen molar-refractivity contribution in [1.82, 2.24) is 14.9 Å². The number of primary amides is 1. The average molecular weight is 404 g/mol. The van der Waals surface area contributed by atoms with Crippen LogP contribution < -0.4 is 16.9 Å². The highest BCUT2D eigenvalue weighted by Gasteiger charge is 2.26. The van der Waals surface area contributed by atoms with Gasteiger partial charge in [-0.2, -0.15) is 0 Å². The number of amides is 2. The highest BCUT2D eigenvalue weighted by atomic mass is 32.2. The zero-order valence-corrected chi connectivity index (χ0v) is 15.7. The van der Waals surface area contributed by atoms with Gasteiger partial charge in [0, 0.05) is 4.88 Å². The van der Waals surface area contributed by atoms with Crippen molar-refractivity contribution in [3.63, 3.8) is 0 Å². The van der Waals surface area contributed by atoms with E-state index in [1.807, 2.05) is 0 Å². The number of nitrogens with zero attached hydrogens (tertiary/aromatic N) is 3. The third-order valence-corrected chi connectivity index (χ3v) is 6.31. The van der Waals surface area contributed by atoms with E-state index in [1.165, 1.54) is 22.3 Å². The Bertz CT molecular complexity index is 1010. The van der Waals surface area contributed by atoms with Gasteiger partial charge in [0.05, 0.1) is 17.6 Å². The number of hydrogen-bond acceptors (Lipinski definition) is 8. The molecule has 3 heterocycles. The molecule has 1 aliphatic rings. The lowest BCUT2D eigenvalue weighted by molar-refractivity contribution is -0.113. The molecule has 3 aromatic rings. The van der Waals surface area contributed by atoms with E-state index in [2.05, 4.69) is 15.5 Å². The Kier molecular flexibility index (Phi) is 4.62. The molecule has 4 rings (SSSR count). The summed E-state index contributed by atoms with van der Waals surface area (Å²) in [5.74, 6) is 6.10. The molecule has 0 aliphatic heterocycles. The predicted octanol–water partition coefficient (Wildman–Crippen LogP) is 1.63. The van der Waals surface area contributed by atoms with Crippen LogP contribution in [0.15, 0.2) is 28.0 Å². The van der Waals surface area contributed by atoms with Crippen LogP contribution in [0.5, 0.6) is 0 Å². The van der Waals surface area contributed by atoms with Gasteiger partial charge in [0.1, 0.15) is 5.00 Å². The van der Waals surface area contributed by atoms with Crippen LogP contribution in [0.4, 0.5) is 5.00 Å². The molecule has 0 saturated heterocycles. The van der Waals surface area contributed by atoms with Crippen LogP contribution in [-0.2, 0) is 17.6 Å². The van der Waals surface area contributed by atoms with Crippen LogP contribution in [0.3, 0.4) is 0 Å². The molecule has 11 heteroatoms. The number of furan rings is 1. The SMILES string of the molecule is NC(=O)c1c(NC(=O)CSc2nnc(-c3ccco3)n2N)sc2c1CCC2. The van der Waals surface area contributed by atoms with E-state index < -0.39 is 5.91 Å². The summed E-state index contributed by atoms with van der Waals surface area (Å²) in [6.07, 6.45) is 4.26. The van der Waals surface area contributed by atoms with E-state index in [1.54, 1.807) is 12.1 Å². The molecule has 2 amide bonds. The molecule has 0 radical (unpaired) electrons. The van der Waals surface area contributed by atoms with Gasteiger partial charge in [0.25, 0.3) is 5.91 Å². The molecule has 9 nitrogen and oxygen atoms in total. The number of nitrogen functional groups attached to an aromatic ring is 1. The molecule has 0 saturated carbocycles. The molecule has 0 fully saturated rings. The van der Waals surface area contributed by atoms with Gasteiger partial charge in [-0.15, -0.1) is 21.5 Å². The Balaban J connectivity index is 1.44. The highest BCUT2D eigenvalue weighted by Crippen LogP contribution is 2.38. The number of aryl methyl sites for hydroxylation is 1. The number of thiophene rings is 1. The number of aromatic nitrogens is 3. The van der Waals surface area contributed by atoms with Crippen molar-refractivity contribution in [1.29, 1.82) is 0 Å². The number of thioether (sulfide) groups is 1. The lowest BCUT2D eigenvalue weighted by Gasteiger charge is -2.06. The molecule has 0 aromatic carbocycles. The summed E-state index contributed by atoms with van der Waals surface area (Å²) in [5.41, 5.74) is 6.92. The quantitative estimate of drug-likeness (QED) is 0.418. The third kappa shape index (κ3) is 3.30. The number of carbonyl (C=O) groups excluding carboxylic acids is 2. The Morgan fingerprint density at radius 3 is 2.96 bits per heavy atom. The largest absolute Gasteiger partial charge is 0.461 e. The molecular weight excluding hydrogens is 388 g/mol. The normalized spacial score (nSPS) is 12.9. The smallest absolute Gasteiger partial charge is 0.251 e. The molecule has 0 spiro atoms. The summed E-state index contributed by atoms with van der Waals surface area (Å²) in [5, 5.41) is 11.6. The average Bonchev–Trinajstić information content (AvgIpc) is 3.36. The number of rotatable bonds is 6. The van der Waals surface area contributed by atoms with E-state index in [0.717, 1.165) is 41.5 Å². The number of anilines is 1. The van der Waals surface area contributed by atoms with Crippen LogP contribution in [0.2, 0.25) is 0 Å². The zero-order chi connectivity index (χ0) is 19.0. The van der Waals surface area contributed by atoms with Crippen molar-refractivity contribution in [2.75, 3.05) is 16.9 Å². The van der Waals surface area contributed by atoms with E-state index in [9.17, 15) is 9.59 Å². The van der Waals surface area contributed by atoms with Gasteiger partial charge >= 0.3 is 0 Å². The monoisotopic (exact) mass is 404 g/mol. The minimum absolute atomic E-state index is 0.0637. The number of hydrogen-bond donors (Lipinski definition) is 3. The molecule has 1 aliphatic carbocycles. The summed E-state index contributed by atoms with van der Waals surface area (Å²) < 4.78 is 6.52. The third-order valence-electron chi connectivity index (χ3n) is 4.16. The first kappa shape index (κ1) is 17.6. The van der Waals surface area contributed by atoms with Crippen molar-refractivity contribution in [3.05, 3.63) is 34.4 Å². The first-order valence-corrected chi connectivity index (χ1v) is 9.96. The van der Waals surface area contributed by atoms with Crippen LogP contribution >= 0.6 is 23.1 Å². The van der Waals surface area contributed by atoms with Crippen molar-refractivity contribution in [2.24, 2.45) is 5.73 Å². The van der Waals surface area contributed by atoms with E-state index in [0.29, 0.717) is 27.3 Å². The van der Waals surface area contributed by atoms with Crippen molar-refractivity contribution < 1.29 is 14.0 Å². The number of nitrogens with two attached hydrogens (primary N) is 2. The summed E-state index contributed by atoms with van der Waals surface area (Å²) in [7, 11) is 0. The van der Waals surface area contributed by atoms with Crippen molar-refractivity contribution in [2.45, 2.75) is 24.4 Å². The second-order valence-electron chi connectivity index (χ2n) is 5.92. The Morgan fingerprint density at radius 1 is 1.37 bits per heavy atom. The summed E-state index contributed by atoms with van der Waals surface area (Å²) in [6, 6.07) is 3.44. The van der Waals surface area contributed by atoms with Gasteiger partial charge in [-0.3, -0.25) is 9.59 Å². The summed E-state index contributed by atoms with van der Waals surface area (Å²) in [6.45, 7) is 0. The maximum absolute atomic E-state index is 12.3. The number of nitrogens with one attached hydrogen (secondary N) is 1. The molecule has 140 valence electrons. The van der Waals surface area contributed by atoms with Crippen LogP contribution in [-0.4, -0.2) is 32.4 Å². The number of fused-ring (bicyclic) bond motifs is 1. The zero-order valence-electron chi connectivity index (χ0n) is 14.1. The minimum atomic E-state index is -0.512. The van der Waals surface area contributed by atoms with Gasteiger partial charge in [-0.05, 0) is 37.0 Å². The van der Waals surface area contributed by atoms with Crippen molar-refractivity contribution >= 4 is 39.9 Å². The molecule has 3 aromatic heterocycles. The summed E-state index contributed by atoms with van der Waals surface area (Å²) in [4.78, 5) is 25.3. The molecule has 0 bridgehead atoms. The van der Waals surface area contributed by atoms with Crippen molar-refractivity contribution in [3.8, 4) is 11.6 Å². The Hall–Kier alpha value is -2.79. The molecule has 5 N–H and O–H groups in total. The van der Waals surface area contributed by atoms with Gasteiger partial charge in [0.2, 0.25) is 16.9 Å². The fourth-order valence-corrected chi connectivity index (χ4v) is 4.96. The first-order chi connectivity index (χ1) is 13.0. The lowest BCUT2D eigenvalue weighted by atomic mass is 10.1.